The third-order valence-electron chi connectivity index (χ3n) is 3.40. The number of halogens is 1. The van der Waals surface area contributed by atoms with E-state index < -0.39 is 10.0 Å². The Labute approximate surface area is 136 Å². The van der Waals surface area contributed by atoms with E-state index in [0.717, 1.165) is 40.0 Å². The summed E-state index contributed by atoms with van der Waals surface area (Å²) in [5.41, 5.74) is 3.79. The molecule has 0 radical (unpaired) electrons. The summed E-state index contributed by atoms with van der Waals surface area (Å²) >= 11 is 4.58. The van der Waals surface area contributed by atoms with Gasteiger partial charge in [-0.25, -0.2) is 8.42 Å². The van der Waals surface area contributed by atoms with Crippen LogP contribution >= 0.6 is 27.3 Å². The molecular weight excluding hydrogens is 372 g/mol. The molecule has 0 unspecified atom stereocenters. The van der Waals surface area contributed by atoms with Gasteiger partial charge in [0.25, 0.3) is 10.0 Å². The van der Waals surface area contributed by atoms with E-state index in [1.54, 1.807) is 12.1 Å². The van der Waals surface area contributed by atoms with E-state index in [1.807, 2.05) is 19.1 Å². The third kappa shape index (κ3) is 3.09. The minimum Gasteiger partial charge on any atom is -0.385 e. The molecule has 4 nitrogen and oxygen atoms in total. The predicted molar refractivity (Wildman–Crippen MR) is 90.8 cm³/mol. The molecule has 1 aromatic carbocycles. The number of hydrogen-bond acceptors (Lipinski definition) is 4. The number of sulfonamides is 1. The van der Waals surface area contributed by atoms with Gasteiger partial charge < -0.3 is 5.32 Å². The highest BCUT2D eigenvalue weighted by Gasteiger charge is 2.19. The van der Waals surface area contributed by atoms with Gasteiger partial charge in [-0.1, -0.05) is 0 Å². The van der Waals surface area contributed by atoms with Gasteiger partial charge in [0, 0.05) is 17.9 Å². The van der Waals surface area contributed by atoms with Crippen LogP contribution in [0.15, 0.2) is 32.3 Å². The zero-order valence-corrected chi connectivity index (χ0v) is 14.7. The number of rotatable bonds is 3. The number of aryl methyl sites for hydroxylation is 2. The maximum absolute atomic E-state index is 12.4. The second-order valence-electron chi connectivity index (χ2n) is 5.03. The Balaban J connectivity index is 1.88. The standard InChI is InChI=1S/C14H15BrN2O2S2/c1-9-7-13(20-14(9)15)21(18,19)17-11-4-5-12-10(8-11)3-2-6-16-12/h4-5,7-8,16-17H,2-3,6H2,1H3. The summed E-state index contributed by atoms with van der Waals surface area (Å²) in [5.74, 6) is 0. The van der Waals surface area contributed by atoms with Gasteiger partial charge in [0.05, 0.1) is 3.79 Å². The van der Waals surface area contributed by atoms with E-state index in [4.69, 9.17) is 0 Å². The fourth-order valence-electron chi connectivity index (χ4n) is 2.31. The topological polar surface area (TPSA) is 58.2 Å². The molecule has 0 saturated heterocycles. The number of fused-ring (bicyclic) bond motifs is 1. The van der Waals surface area contributed by atoms with Crippen molar-refractivity contribution in [1.29, 1.82) is 0 Å². The Hall–Kier alpha value is -1.05. The van der Waals surface area contributed by atoms with Crippen LogP contribution in [0.5, 0.6) is 0 Å². The van der Waals surface area contributed by atoms with Crippen molar-refractivity contribution in [3.8, 4) is 0 Å². The molecule has 2 heterocycles. The molecule has 112 valence electrons. The molecule has 21 heavy (non-hydrogen) atoms. The van der Waals surface area contributed by atoms with Crippen molar-refractivity contribution < 1.29 is 8.42 Å². The first-order chi connectivity index (χ1) is 9.95. The second kappa shape index (κ2) is 5.62. The van der Waals surface area contributed by atoms with Crippen LogP contribution in [-0.4, -0.2) is 15.0 Å². The smallest absolute Gasteiger partial charge is 0.271 e. The van der Waals surface area contributed by atoms with Crippen molar-refractivity contribution >= 4 is 48.7 Å². The monoisotopic (exact) mass is 386 g/mol. The highest BCUT2D eigenvalue weighted by atomic mass is 79.9. The minimum atomic E-state index is -3.52. The lowest BCUT2D eigenvalue weighted by atomic mass is 10.0. The summed E-state index contributed by atoms with van der Waals surface area (Å²) in [6.07, 6.45) is 2.04. The second-order valence-corrected chi connectivity index (χ2v) is 9.31. The molecule has 2 N–H and O–H groups in total. The number of benzene rings is 1. The molecule has 0 aliphatic carbocycles. The zero-order chi connectivity index (χ0) is 15.0. The summed E-state index contributed by atoms with van der Waals surface area (Å²) in [4.78, 5) is 0. The van der Waals surface area contributed by atoms with Crippen molar-refractivity contribution in [3.63, 3.8) is 0 Å². The maximum atomic E-state index is 12.4. The molecular formula is C14H15BrN2O2S2. The first-order valence-corrected chi connectivity index (χ1v) is 9.70. The summed E-state index contributed by atoms with van der Waals surface area (Å²) in [5, 5.41) is 3.31. The van der Waals surface area contributed by atoms with Crippen molar-refractivity contribution in [1.82, 2.24) is 0 Å². The molecule has 0 bridgehead atoms. The van der Waals surface area contributed by atoms with Crippen LogP contribution in [0.3, 0.4) is 0 Å². The van der Waals surface area contributed by atoms with Crippen LogP contribution in [0, 0.1) is 6.92 Å². The molecule has 0 atom stereocenters. The normalized spacial score (nSPS) is 14.4. The van der Waals surface area contributed by atoms with Crippen LogP contribution in [0.4, 0.5) is 11.4 Å². The van der Waals surface area contributed by atoms with Gasteiger partial charge >= 0.3 is 0 Å². The predicted octanol–water partition coefficient (Wildman–Crippen LogP) is 3.98. The van der Waals surface area contributed by atoms with Crippen molar-refractivity contribution in [2.24, 2.45) is 0 Å². The SMILES string of the molecule is Cc1cc(S(=O)(=O)Nc2ccc3c(c2)CCCN3)sc1Br. The molecule has 0 fully saturated rings. The van der Waals surface area contributed by atoms with Gasteiger partial charge in [0.15, 0.2) is 0 Å². The lowest BCUT2D eigenvalue weighted by Crippen LogP contribution is -2.14. The Bertz CT molecular complexity index is 765. The van der Waals surface area contributed by atoms with Crippen LogP contribution in [-0.2, 0) is 16.4 Å². The van der Waals surface area contributed by atoms with Gasteiger partial charge in [-0.2, -0.15) is 0 Å². The summed E-state index contributed by atoms with van der Waals surface area (Å²) in [6, 6.07) is 7.32. The fraction of sp³-hybridized carbons (Fsp3) is 0.286. The Kier molecular flexibility index (Phi) is 3.98. The third-order valence-corrected chi connectivity index (χ3v) is 7.39. The van der Waals surface area contributed by atoms with E-state index in [-0.39, 0.29) is 0 Å². The van der Waals surface area contributed by atoms with E-state index in [0.29, 0.717) is 9.90 Å². The summed E-state index contributed by atoms with van der Waals surface area (Å²) in [6.45, 7) is 2.85. The molecule has 1 aromatic heterocycles. The van der Waals surface area contributed by atoms with Crippen LogP contribution in [0.2, 0.25) is 0 Å². The van der Waals surface area contributed by atoms with Gasteiger partial charge in [0.2, 0.25) is 0 Å². The lowest BCUT2D eigenvalue weighted by Gasteiger charge is -2.18. The van der Waals surface area contributed by atoms with Crippen molar-refractivity contribution in [2.45, 2.75) is 24.0 Å². The van der Waals surface area contributed by atoms with Crippen molar-refractivity contribution in [3.05, 3.63) is 39.2 Å². The zero-order valence-electron chi connectivity index (χ0n) is 11.4. The van der Waals surface area contributed by atoms with Crippen LogP contribution in [0.1, 0.15) is 17.5 Å². The molecule has 2 aromatic rings. The molecule has 7 heteroatoms. The van der Waals surface area contributed by atoms with E-state index in [9.17, 15) is 8.42 Å². The maximum Gasteiger partial charge on any atom is 0.271 e. The minimum absolute atomic E-state index is 0.322. The number of thiophene rings is 1. The lowest BCUT2D eigenvalue weighted by molar-refractivity contribution is 0.603. The Morgan fingerprint density at radius 3 is 2.86 bits per heavy atom. The van der Waals surface area contributed by atoms with Crippen molar-refractivity contribution in [2.75, 3.05) is 16.6 Å². The molecule has 0 amide bonds. The average molecular weight is 387 g/mol. The Morgan fingerprint density at radius 2 is 2.14 bits per heavy atom. The highest BCUT2D eigenvalue weighted by molar-refractivity contribution is 9.11. The summed E-state index contributed by atoms with van der Waals surface area (Å²) < 4.78 is 28.6. The first kappa shape index (κ1) is 14.9. The Morgan fingerprint density at radius 1 is 1.33 bits per heavy atom. The van der Waals surface area contributed by atoms with Gasteiger partial charge in [-0.15, -0.1) is 11.3 Å². The average Bonchev–Trinajstić information content (AvgIpc) is 2.79. The van der Waals surface area contributed by atoms with Crippen LogP contribution < -0.4 is 10.0 Å². The van der Waals surface area contributed by atoms with Gasteiger partial charge in [-0.3, -0.25) is 4.72 Å². The molecule has 1 aliphatic rings. The quantitative estimate of drug-likeness (QED) is 0.838. The molecule has 0 spiro atoms. The van der Waals surface area contributed by atoms with Gasteiger partial charge in [-0.05, 0) is 71.1 Å². The van der Waals surface area contributed by atoms with E-state index >= 15 is 0 Å². The number of nitrogens with one attached hydrogen (secondary N) is 2. The molecule has 0 saturated carbocycles. The van der Waals surface area contributed by atoms with Crippen LogP contribution in [0.25, 0.3) is 0 Å². The van der Waals surface area contributed by atoms with E-state index in [2.05, 4.69) is 26.0 Å². The van der Waals surface area contributed by atoms with Gasteiger partial charge in [0.1, 0.15) is 4.21 Å². The highest BCUT2D eigenvalue weighted by Crippen LogP contribution is 2.32. The largest absolute Gasteiger partial charge is 0.385 e. The molecule has 1 aliphatic heterocycles. The number of hydrogen-bond donors (Lipinski definition) is 2. The first-order valence-electron chi connectivity index (χ1n) is 6.61. The summed E-state index contributed by atoms with van der Waals surface area (Å²) in [7, 11) is -3.52. The molecule has 3 rings (SSSR count). The fourth-order valence-corrected chi connectivity index (χ4v) is 5.58. The van der Waals surface area contributed by atoms with E-state index in [1.165, 1.54) is 11.3 Å². The number of anilines is 2.